The number of hydrogen-bond donors (Lipinski definition) is 2. The molecule has 1 unspecified atom stereocenters. The number of para-hydroxylation sites is 2. The number of benzene rings is 2. The number of aryl methyl sites for hydroxylation is 1. The molecule has 0 bridgehead atoms. The highest BCUT2D eigenvalue weighted by Crippen LogP contribution is 2.22. The molecule has 1 heterocycles. The van der Waals surface area contributed by atoms with Crippen LogP contribution in [0, 0.1) is 5.82 Å². The number of hydrazine groups is 1. The molecule has 3 rings (SSSR count). The molecule has 28 heavy (non-hydrogen) atoms. The summed E-state index contributed by atoms with van der Waals surface area (Å²) in [6.45, 7) is 1.47. The van der Waals surface area contributed by atoms with Crippen LogP contribution in [0.1, 0.15) is 24.8 Å². The predicted molar refractivity (Wildman–Crippen MR) is 105 cm³/mol. The monoisotopic (exact) mass is 401 g/mol. The molecule has 1 atom stereocenters. The third kappa shape index (κ3) is 5.26. The molecule has 8 heteroatoms. The van der Waals surface area contributed by atoms with Crippen LogP contribution in [0.25, 0.3) is 10.2 Å². The van der Waals surface area contributed by atoms with Gasteiger partial charge in [-0.2, -0.15) is 0 Å². The summed E-state index contributed by atoms with van der Waals surface area (Å²) in [6, 6.07) is 13.7. The molecule has 3 aromatic rings. The SMILES string of the molecule is CC(Oc1ccccc1F)C(=O)NNC(=O)CCCc1nc2ccccc2s1. The molecular weight excluding hydrogens is 381 g/mol. The average molecular weight is 401 g/mol. The molecule has 0 fully saturated rings. The standard InChI is InChI=1S/C20H20FN3O3S/c1-13(27-16-9-4-2-7-14(16)21)20(26)24-23-18(25)11-6-12-19-22-15-8-3-5-10-17(15)28-19/h2-5,7-10,13H,6,11-12H2,1H3,(H,23,25)(H,24,26). The maximum absolute atomic E-state index is 13.5. The van der Waals surface area contributed by atoms with Crippen LogP contribution in [0.4, 0.5) is 4.39 Å². The molecule has 0 spiro atoms. The van der Waals surface area contributed by atoms with Crippen LogP contribution >= 0.6 is 11.3 Å². The second-order valence-corrected chi connectivity index (χ2v) is 7.27. The lowest BCUT2D eigenvalue weighted by atomic mass is 10.2. The maximum Gasteiger partial charge on any atom is 0.279 e. The van der Waals surface area contributed by atoms with Gasteiger partial charge in [-0.25, -0.2) is 9.37 Å². The van der Waals surface area contributed by atoms with Gasteiger partial charge in [0.15, 0.2) is 17.7 Å². The van der Waals surface area contributed by atoms with Gasteiger partial charge in [-0.3, -0.25) is 20.4 Å². The minimum atomic E-state index is -0.958. The van der Waals surface area contributed by atoms with Gasteiger partial charge in [-0.15, -0.1) is 11.3 Å². The number of amides is 2. The van der Waals surface area contributed by atoms with Crippen molar-refractivity contribution in [3.63, 3.8) is 0 Å². The highest BCUT2D eigenvalue weighted by molar-refractivity contribution is 7.18. The lowest BCUT2D eigenvalue weighted by Gasteiger charge is -2.15. The molecule has 2 amide bonds. The molecule has 0 radical (unpaired) electrons. The fourth-order valence-electron chi connectivity index (χ4n) is 2.51. The summed E-state index contributed by atoms with van der Waals surface area (Å²) in [4.78, 5) is 28.4. The minimum absolute atomic E-state index is 0.0210. The van der Waals surface area contributed by atoms with E-state index in [0.29, 0.717) is 12.8 Å². The summed E-state index contributed by atoms with van der Waals surface area (Å²) in [5.74, 6) is -1.45. The fraction of sp³-hybridized carbons (Fsp3) is 0.250. The van der Waals surface area contributed by atoms with E-state index in [2.05, 4.69) is 15.8 Å². The first-order valence-electron chi connectivity index (χ1n) is 8.87. The minimum Gasteiger partial charge on any atom is -0.478 e. The van der Waals surface area contributed by atoms with Crippen molar-refractivity contribution in [1.82, 2.24) is 15.8 Å². The van der Waals surface area contributed by atoms with Crippen LogP contribution in [0.2, 0.25) is 0 Å². The second-order valence-electron chi connectivity index (χ2n) is 6.16. The van der Waals surface area contributed by atoms with E-state index in [1.54, 1.807) is 17.4 Å². The van der Waals surface area contributed by atoms with Gasteiger partial charge in [0.1, 0.15) is 0 Å². The molecule has 0 saturated heterocycles. The fourth-order valence-corrected chi connectivity index (χ4v) is 3.52. The maximum atomic E-state index is 13.5. The summed E-state index contributed by atoms with van der Waals surface area (Å²) < 4.78 is 19.9. The Labute approximate surface area is 165 Å². The first kappa shape index (κ1) is 19.8. The summed E-state index contributed by atoms with van der Waals surface area (Å²) in [6.07, 6.45) is 0.592. The number of ether oxygens (including phenoxy) is 1. The van der Waals surface area contributed by atoms with Crippen molar-refractivity contribution in [3.8, 4) is 5.75 Å². The molecule has 0 aliphatic rings. The number of nitrogens with one attached hydrogen (secondary N) is 2. The molecule has 6 nitrogen and oxygen atoms in total. The van der Waals surface area contributed by atoms with Crippen molar-refractivity contribution in [2.24, 2.45) is 0 Å². The van der Waals surface area contributed by atoms with Crippen LogP contribution < -0.4 is 15.6 Å². The largest absolute Gasteiger partial charge is 0.478 e. The van der Waals surface area contributed by atoms with Gasteiger partial charge in [0, 0.05) is 6.42 Å². The van der Waals surface area contributed by atoms with Crippen LogP contribution in [0.15, 0.2) is 48.5 Å². The van der Waals surface area contributed by atoms with Crippen LogP contribution in [-0.4, -0.2) is 22.9 Å². The summed E-state index contributed by atoms with van der Waals surface area (Å²) in [5.41, 5.74) is 5.60. The van der Waals surface area contributed by atoms with Crippen molar-refractivity contribution in [3.05, 3.63) is 59.4 Å². The van der Waals surface area contributed by atoms with Crippen molar-refractivity contribution >= 4 is 33.4 Å². The number of fused-ring (bicyclic) bond motifs is 1. The zero-order valence-corrected chi connectivity index (χ0v) is 16.1. The molecule has 2 N–H and O–H groups in total. The third-order valence-electron chi connectivity index (χ3n) is 3.97. The number of carbonyl (C=O) groups is 2. The normalized spacial score (nSPS) is 11.8. The molecule has 1 aromatic heterocycles. The predicted octanol–water partition coefficient (Wildman–Crippen LogP) is 3.37. The zero-order valence-electron chi connectivity index (χ0n) is 15.3. The van der Waals surface area contributed by atoms with E-state index >= 15 is 0 Å². The molecule has 146 valence electrons. The third-order valence-corrected chi connectivity index (χ3v) is 5.06. The van der Waals surface area contributed by atoms with Crippen molar-refractivity contribution in [2.75, 3.05) is 0 Å². The molecular formula is C20H20FN3O3S. The topological polar surface area (TPSA) is 80.3 Å². The smallest absolute Gasteiger partial charge is 0.279 e. The highest BCUT2D eigenvalue weighted by Gasteiger charge is 2.17. The highest BCUT2D eigenvalue weighted by atomic mass is 32.1. The van der Waals surface area contributed by atoms with E-state index in [1.165, 1.54) is 25.1 Å². The van der Waals surface area contributed by atoms with Gasteiger partial charge in [-0.05, 0) is 44.0 Å². The van der Waals surface area contributed by atoms with Gasteiger partial charge in [0.2, 0.25) is 5.91 Å². The zero-order chi connectivity index (χ0) is 19.9. The number of rotatable bonds is 7. The number of aromatic nitrogens is 1. The van der Waals surface area contributed by atoms with Gasteiger partial charge in [0.05, 0.1) is 15.2 Å². The first-order valence-corrected chi connectivity index (χ1v) is 9.69. The summed E-state index contributed by atoms with van der Waals surface area (Å²) in [5, 5.41) is 0.977. The molecule has 0 saturated carbocycles. The van der Waals surface area contributed by atoms with E-state index in [0.717, 1.165) is 15.2 Å². The average Bonchev–Trinajstić information content (AvgIpc) is 3.10. The Hall–Kier alpha value is -3.00. The lowest BCUT2D eigenvalue weighted by Crippen LogP contribution is -2.47. The Kier molecular flexibility index (Phi) is 6.54. The van der Waals surface area contributed by atoms with E-state index in [1.807, 2.05) is 24.3 Å². The van der Waals surface area contributed by atoms with Crippen molar-refractivity contribution in [2.45, 2.75) is 32.3 Å². The van der Waals surface area contributed by atoms with Crippen LogP contribution in [-0.2, 0) is 16.0 Å². The number of halogens is 1. The van der Waals surface area contributed by atoms with Crippen molar-refractivity contribution in [1.29, 1.82) is 0 Å². The molecule has 0 aliphatic carbocycles. The van der Waals surface area contributed by atoms with E-state index in [-0.39, 0.29) is 18.1 Å². The Balaban J connectivity index is 1.38. The van der Waals surface area contributed by atoms with E-state index < -0.39 is 17.8 Å². The van der Waals surface area contributed by atoms with Gasteiger partial charge < -0.3 is 4.74 Å². The number of hydrogen-bond acceptors (Lipinski definition) is 5. The number of carbonyl (C=O) groups excluding carboxylic acids is 2. The van der Waals surface area contributed by atoms with Gasteiger partial charge >= 0.3 is 0 Å². The van der Waals surface area contributed by atoms with Crippen LogP contribution in [0.5, 0.6) is 5.75 Å². The Bertz CT molecular complexity index is 943. The summed E-state index contributed by atoms with van der Waals surface area (Å²) >= 11 is 1.61. The second kappa shape index (κ2) is 9.27. The van der Waals surface area contributed by atoms with Crippen molar-refractivity contribution < 1.29 is 18.7 Å². The van der Waals surface area contributed by atoms with E-state index in [4.69, 9.17) is 4.74 Å². The quantitative estimate of drug-likeness (QED) is 0.595. The number of thiazole rings is 1. The van der Waals surface area contributed by atoms with Crippen LogP contribution in [0.3, 0.4) is 0 Å². The van der Waals surface area contributed by atoms with Gasteiger partial charge in [0.25, 0.3) is 5.91 Å². The lowest BCUT2D eigenvalue weighted by molar-refractivity contribution is -0.132. The Morgan fingerprint density at radius 3 is 2.68 bits per heavy atom. The Morgan fingerprint density at radius 1 is 1.14 bits per heavy atom. The number of nitrogens with zero attached hydrogens (tertiary/aromatic N) is 1. The summed E-state index contributed by atoms with van der Waals surface area (Å²) in [7, 11) is 0. The molecule has 0 aliphatic heterocycles. The molecule has 2 aromatic carbocycles. The van der Waals surface area contributed by atoms with Gasteiger partial charge in [-0.1, -0.05) is 24.3 Å². The first-order chi connectivity index (χ1) is 13.5. The van der Waals surface area contributed by atoms with E-state index in [9.17, 15) is 14.0 Å². The Morgan fingerprint density at radius 2 is 1.89 bits per heavy atom.